The van der Waals surface area contributed by atoms with E-state index >= 15 is 0 Å². The molecule has 1 saturated heterocycles. The van der Waals surface area contributed by atoms with Crippen molar-refractivity contribution in [1.29, 1.82) is 0 Å². The number of nitrogens with zero attached hydrogens (tertiary/aromatic N) is 3. The van der Waals surface area contributed by atoms with E-state index in [4.69, 9.17) is 4.74 Å². The van der Waals surface area contributed by atoms with Gasteiger partial charge in [-0.05, 0) is 56.2 Å². The normalized spacial score (nSPS) is 16.6. The van der Waals surface area contributed by atoms with E-state index in [1.165, 1.54) is 0 Å². The zero-order chi connectivity index (χ0) is 23.7. The molecule has 1 unspecified atom stereocenters. The standard InChI is InChI=1S/C25H27N3O5/c1-16-8-9-19(14-17(16)2)33-15-22(29)26-10-12-27(13-11-26)23(30)18(3)28-24(31)20-6-4-5-7-21(20)25(28)32/h4-9,14,18H,10-13,15H2,1-3H3. The minimum absolute atomic E-state index is 0.0676. The van der Waals surface area contributed by atoms with Gasteiger partial charge in [0, 0.05) is 26.2 Å². The molecule has 0 saturated carbocycles. The van der Waals surface area contributed by atoms with Crippen LogP contribution in [0.3, 0.4) is 0 Å². The van der Waals surface area contributed by atoms with Gasteiger partial charge in [-0.2, -0.15) is 0 Å². The lowest BCUT2D eigenvalue weighted by Crippen LogP contribution is -2.56. The molecule has 0 bridgehead atoms. The highest BCUT2D eigenvalue weighted by Crippen LogP contribution is 2.25. The predicted molar refractivity (Wildman–Crippen MR) is 121 cm³/mol. The van der Waals surface area contributed by atoms with Gasteiger partial charge >= 0.3 is 0 Å². The van der Waals surface area contributed by atoms with Crippen LogP contribution in [0.2, 0.25) is 0 Å². The first kappa shape index (κ1) is 22.5. The molecule has 2 aromatic carbocycles. The van der Waals surface area contributed by atoms with Gasteiger partial charge in [-0.15, -0.1) is 0 Å². The highest BCUT2D eigenvalue weighted by atomic mass is 16.5. The molecular formula is C25H27N3O5. The molecule has 1 fully saturated rings. The third-order valence-electron chi connectivity index (χ3n) is 6.35. The van der Waals surface area contributed by atoms with E-state index in [0.717, 1.165) is 16.0 Å². The van der Waals surface area contributed by atoms with Crippen molar-refractivity contribution in [3.05, 3.63) is 64.7 Å². The van der Waals surface area contributed by atoms with Crippen LogP contribution in [0.5, 0.6) is 5.75 Å². The van der Waals surface area contributed by atoms with Gasteiger partial charge in [0.15, 0.2) is 6.61 Å². The van der Waals surface area contributed by atoms with Crippen molar-refractivity contribution < 1.29 is 23.9 Å². The summed E-state index contributed by atoms with van der Waals surface area (Å²) in [6, 6.07) is 11.4. The average Bonchev–Trinajstić information content (AvgIpc) is 3.09. The number of piperazine rings is 1. The van der Waals surface area contributed by atoms with Crippen molar-refractivity contribution in [2.24, 2.45) is 0 Å². The molecule has 172 valence electrons. The first-order valence-electron chi connectivity index (χ1n) is 11.0. The topological polar surface area (TPSA) is 87.2 Å². The molecule has 8 heteroatoms. The van der Waals surface area contributed by atoms with Gasteiger partial charge in [0.05, 0.1) is 11.1 Å². The Labute approximate surface area is 192 Å². The second-order valence-electron chi connectivity index (χ2n) is 8.44. The van der Waals surface area contributed by atoms with E-state index in [2.05, 4.69) is 0 Å². The number of aryl methyl sites for hydroxylation is 2. The monoisotopic (exact) mass is 449 g/mol. The third-order valence-corrected chi connectivity index (χ3v) is 6.35. The molecule has 2 aromatic rings. The molecule has 0 spiro atoms. The van der Waals surface area contributed by atoms with Crippen LogP contribution < -0.4 is 4.74 Å². The number of imide groups is 1. The van der Waals surface area contributed by atoms with Crippen molar-refractivity contribution >= 4 is 23.6 Å². The largest absolute Gasteiger partial charge is 0.484 e. The molecular weight excluding hydrogens is 422 g/mol. The van der Waals surface area contributed by atoms with Crippen molar-refractivity contribution in [3.63, 3.8) is 0 Å². The maximum Gasteiger partial charge on any atom is 0.262 e. The van der Waals surface area contributed by atoms with Crippen LogP contribution in [0.1, 0.15) is 38.8 Å². The molecule has 0 aliphatic carbocycles. The Bertz CT molecular complexity index is 1090. The van der Waals surface area contributed by atoms with Crippen LogP contribution in [0.4, 0.5) is 0 Å². The summed E-state index contributed by atoms with van der Waals surface area (Å²) in [5.41, 5.74) is 2.90. The summed E-state index contributed by atoms with van der Waals surface area (Å²) < 4.78 is 5.64. The molecule has 4 rings (SSSR count). The summed E-state index contributed by atoms with van der Waals surface area (Å²) in [7, 11) is 0. The van der Waals surface area contributed by atoms with Crippen LogP contribution in [-0.4, -0.2) is 77.2 Å². The summed E-state index contributed by atoms with van der Waals surface area (Å²) in [4.78, 5) is 55.2. The van der Waals surface area contributed by atoms with Crippen molar-refractivity contribution in [3.8, 4) is 5.75 Å². The fraction of sp³-hybridized carbons (Fsp3) is 0.360. The number of amides is 4. The highest BCUT2D eigenvalue weighted by molar-refractivity contribution is 6.22. The molecule has 33 heavy (non-hydrogen) atoms. The number of carbonyl (C=O) groups is 4. The minimum atomic E-state index is -0.909. The molecule has 2 aliphatic heterocycles. The Hall–Kier alpha value is -3.68. The number of ether oxygens (including phenoxy) is 1. The number of hydrogen-bond acceptors (Lipinski definition) is 5. The molecule has 2 aliphatic rings. The second-order valence-corrected chi connectivity index (χ2v) is 8.44. The van der Waals surface area contributed by atoms with E-state index in [-0.39, 0.29) is 18.4 Å². The SMILES string of the molecule is Cc1ccc(OCC(=O)N2CCN(C(=O)C(C)N3C(=O)c4ccccc4C3=O)CC2)cc1C. The van der Waals surface area contributed by atoms with Crippen LogP contribution >= 0.6 is 0 Å². The third kappa shape index (κ3) is 4.33. The quantitative estimate of drug-likeness (QED) is 0.652. The number of fused-ring (bicyclic) bond motifs is 1. The Morgan fingerprint density at radius 2 is 1.45 bits per heavy atom. The molecule has 0 radical (unpaired) electrons. The zero-order valence-electron chi connectivity index (χ0n) is 19.0. The van der Waals surface area contributed by atoms with Crippen LogP contribution in [-0.2, 0) is 9.59 Å². The van der Waals surface area contributed by atoms with Gasteiger partial charge in [0.2, 0.25) is 5.91 Å². The van der Waals surface area contributed by atoms with Crippen molar-refractivity contribution in [2.45, 2.75) is 26.8 Å². The Morgan fingerprint density at radius 1 is 0.879 bits per heavy atom. The van der Waals surface area contributed by atoms with E-state index in [9.17, 15) is 19.2 Å². The molecule has 4 amide bonds. The van der Waals surface area contributed by atoms with Gasteiger partial charge in [0.1, 0.15) is 11.8 Å². The predicted octanol–water partition coefficient (Wildman–Crippen LogP) is 2.04. The summed E-state index contributed by atoms with van der Waals surface area (Å²) in [6.45, 7) is 6.92. The average molecular weight is 450 g/mol. The van der Waals surface area contributed by atoms with Gasteiger partial charge < -0.3 is 14.5 Å². The van der Waals surface area contributed by atoms with Crippen LogP contribution in [0, 0.1) is 13.8 Å². The first-order valence-corrected chi connectivity index (χ1v) is 11.0. The number of carbonyl (C=O) groups excluding carboxylic acids is 4. The Balaban J connectivity index is 1.30. The zero-order valence-corrected chi connectivity index (χ0v) is 19.0. The maximum absolute atomic E-state index is 13.0. The van der Waals surface area contributed by atoms with Gasteiger partial charge in [-0.25, -0.2) is 0 Å². The van der Waals surface area contributed by atoms with Crippen molar-refractivity contribution in [2.75, 3.05) is 32.8 Å². The van der Waals surface area contributed by atoms with Crippen molar-refractivity contribution in [1.82, 2.24) is 14.7 Å². The molecule has 1 atom stereocenters. The van der Waals surface area contributed by atoms with E-state index in [1.54, 1.807) is 41.0 Å². The van der Waals surface area contributed by atoms with E-state index < -0.39 is 17.9 Å². The summed E-state index contributed by atoms with van der Waals surface area (Å²) >= 11 is 0. The highest BCUT2D eigenvalue weighted by Gasteiger charge is 2.42. The number of benzene rings is 2. The summed E-state index contributed by atoms with van der Waals surface area (Å²) in [6.07, 6.45) is 0. The first-order chi connectivity index (χ1) is 15.8. The summed E-state index contributed by atoms with van der Waals surface area (Å²) in [5.74, 6) is -0.700. The molecule has 0 N–H and O–H groups in total. The van der Waals surface area contributed by atoms with Crippen LogP contribution in [0.25, 0.3) is 0 Å². The fourth-order valence-corrected chi connectivity index (χ4v) is 4.15. The molecule has 2 heterocycles. The van der Waals surface area contributed by atoms with E-state index in [0.29, 0.717) is 43.1 Å². The molecule has 0 aromatic heterocycles. The van der Waals surface area contributed by atoms with Gasteiger partial charge in [0.25, 0.3) is 17.7 Å². The number of rotatable bonds is 5. The van der Waals surface area contributed by atoms with Gasteiger partial charge in [-0.1, -0.05) is 18.2 Å². The Kier molecular flexibility index (Phi) is 6.18. The molecule has 8 nitrogen and oxygen atoms in total. The lowest BCUT2D eigenvalue weighted by atomic mass is 10.1. The minimum Gasteiger partial charge on any atom is -0.484 e. The van der Waals surface area contributed by atoms with Crippen LogP contribution in [0.15, 0.2) is 42.5 Å². The second kappa shape index (κ2) is 9.05. The fourth-order valence-electron chi connectivity index (χ4n) is 4.15. The summed E-state index contributed by atoms with van der Waals surface area (Å²) in [5, 5.41) is 0. The van der Waals surface area contributed by atoms with Gasteiger partial charge in [-0.3, -0.25) is 24.1 Å². The smallest absolute Gasteiger partial charge is 0.262 e. The maximum atomic E-state index is 13.0. The lowest BCUT2D eigenvalue weighted by molar-refractivity contribution is -0.142. The van der Waals surface area contributed by atoms with E-state index in [1.807, 2.05) is 32.0 Å². The Morgan fingerprint density at radius 3 is 2.03 bits per heavy atom. The lowest BCUT2D eigenvalue weighted by Gasteiger charge is -2.37. The number of hydrogen-bond donors (Lipinski definition) is 0.